The van der Waals surface area contributed by atoms with E-state index in [9.17, 15) is 4.79 Å². The molecule has 0 aromatic carbocycles. The minimum Gasteiger partial charge on any atom is -0.301 e. The fourth-order valence-corrected chi connectivity index (χ4v) is 3.05. The van der Waals surface area contributed by atoms with Crippen molar-refractivity contribution in [3.05, 3.63) is 21.6 Å². The molecule has 0 saturated heterocycles. The Morgan fingerprint density at radius 1 is 1.29 bits per heavy atom. The summed E-state index contributed by atoms with van der Waals surface area (Å²) in [5.41, 5.74) is 2.06. The summed E-state index contributed by atoms with van der Waals surface area (Å²) in [5, 5.41) is 0.812. The van der Waals surface area contributed by atoms with Gasteiger partial charge in [0, 0.05) is 11.3 Å². The van der Waals surface area contributed by atoms with Gasteiger partial charge < -0.3 is 4.98 Å². The molecular weight excluding hydrogens is 232 g/mol. The van der Waals surface area contributed by atoms with Crippen LogP contribution in [0.5, 0.6) is 0 Å². The Hall–Kier alpha value is -0.770. The Bertz CT molecular complexity index is 428. The molecule has 0 spiro atoms. The molecular formula is C13H20N2OS. The molecule has 1 aliphatic carbocycles. The maximum Gasteiger partial charge on any atom is 0.254 e. The first-order valence-corrected chi connectivity index (χ1v) is 7.54. The van der Waals surface area contributed by atoms with Crippen molar-refractivity contribution in [1.82, 2.24) is 9.97 Å². The summed E-state index contributed by atoms with van der Waals surface area (Å²) in [4.78, 5) is 19.4. The Balaban J connectivity index is 2.03. The van der Waals surface area contributed by atoms with Crippen LogP contribution in [-0.4, -0.2) is 15.7 Å². The molecule has 0 amide bonds. The first-order chi connectivity index (χ1) is 8.31. The van der Waals surface area contributed by atoms with Crippen molar-refractivity contribution in [3.8, 4) is 0 Å². The van der Waals surface area contributed by atoms with Crippen LogP contribution in [0.1, 0.15) is 50.3 Å². The predicted molar refractivity (Wildman–Crippen MR) is 71.7 cm³/mol. The van der Waals surface area contributed by atoms with Gasteiger partial charge in [-0.15, -0.1) is 0 Å². The van der Waals surface area contributed by atoms with E-state index in [4.69, 9.17) is 0 Å². The monoisotopic (exact) mass is 252 g/mol. The number of thioether (sulfide) groups is 1. The van der Waals surface area contributed by atoms with Gasteiger partial charge in [-0.05, 0) is 32.1 Å². The van der Waals surface area contributed by atoms with Crippen molar-refractivity contribution in [1.29, 1.82) is 0 Å². The van der Waals surface area contributed by atoms with Gasteiger partial charge in [0.1, 0.15) is 0 Å². The van der Waals surface area contributed by atoms with Crippen molar-refractivity contribution < 1.29 is 0 Å². The van der Waals surface area contributed by atoms with Crippen LogP contribution in [0.25, 0.3) is 0 Å². The molecule has 2 rings (SSSR count). The number of nitrogens with one attached hydrogen (secondary N) is 1. The van der Waals surface area contributed by atoms with E-state index >= 15 is 0 Å². The number of hydrogen-bond donors (Lipinski definition) is 1. The van der Waals surface area contributed by atoms with E-state index in [0.717, 1.165) is 41.4 Å². The van der Waals surface area contributed by atoms with Crippen molar-refractivity contribution >= 4 is 11.8 Å². The van der Waals surface area contributed by atoms with E-state index in [1.807, 2.05) is 0 Å². The van der Waals surface area contributed by atoms with Crippen LogP contribution < -0.4 is 5.56 Å². The zero-order valence-corrected chi connectivity index (χ0v) is 11.2. The first kappa shape index (κ1) is 12.7. The van der Waals surface area contributed by atoms with Gasteiger partial charge in [0.25, 0.3) is 5.56 Å². The molecule has 0 atom stereocenters. The molecule has 1 aromatic rings. The van der Waals surface area contributed by atoms with Crippen LogP contribution in [-0.2, 0) is 12.8 Å². The Morgan fingerprint density at radius 2 is 2.12 bits per heavy atom. The number of hydrogen-bond acceptors (Lipinski definition) is 3. The quantitative estimate of drug-likeness (QED) is 0.498. The van der Waals surface area contributed by atoms with Crippen LogP contribution in [0.15, 0.2) is 9.95 Å². The normalized spacial score (nSPS) is 14.6. The molecule has 0 bridgehead atoms. The van der Waals surface area contributed by atoms with Crippen molar-refractivity contribution in [2.75, 3.05) is 5.75 Å². The molecule has 1 N–H and O–H groups in total. The van der Waals surface area contributed by atoms with Gasteiger partial charge in [0.05, 0.1) is 5.69 Å². The molecule has 94 valence electrons. The molecule has 3 nitrogen and oxygen atoms in total. The second-order valence-electron chi connectivity index (χ2n) is 4.56. The molecule has 0 radical (unpaired) electrons. The van der Waals surface area contributed by atoms with Crippen molar-refractivity contribution in [3.63, 3.8) is 0 Å². The van der Waals surface area contributed by atoms with Gasteiger partial charge >= 0.3 is 0 Å². The van der Waals surface area contributed by atoms with E-state index in [1.54, 1.807) is 11.8 Å². The fourth-order valence-electron chi connectivity index (χ4n) is 2.17. The second kappa shape index (κ2) is 6.24. The maximum absolute atomic E-state index is 11.9. The third kappa shape index (κ3) is 3.35. The molecule has 0 fully saturated rings. The van der Waals surface area contributed by atoms with Gasteiger partial charge in [0.2, 0.25) is 0 Å². The Morgan fingerprint density at radius 3 is 2.94 bits per heavy atom. The summed E-state index contributed by atoms with van der Waals surface area (Å²) in [6.45, 7) is 2.20. The first-order valence-electron chi connectivity index (χ1n) is 6.56. The number of fused-ring (bicyclic) bond motifs is 1. The molecule has 0 aliphatic heterocycles. The van der Waals surface area contributed by atoms with E-state index in [0.29, 0.717) is 0 Å². The summed E-state index contributed by atoms with van der Waals surface area (Å²) in [7, 11) is 0. The van der Waals surface area contributed by atoms with Crippen LogP contribution >= 0.6 is 11.8 Å². The third-order valence-electron chi connectivity index (χ3n) is 3.16. The zero-order chi connectivity index (χ0) is 12.1. The molecule has 0 saturated carbocycles. The van der Waals surface area contributed by atoms with E-state index in [-0.39, 0.29) is 5.56 Å². The van der Waals surface area contributed by atoms with Gasteiger partial charge in [-0.1, -0.05) is 31.5 Å². The van der Waals surface area contributed by atoms with E-state index < -0.39 is 0 Å². The number of aromatic amines is 1. The van der Waals surface area contributed by atoms with Gasteiger partial charge in [0.15, 0.2) is 5.16 Å². The maximum atomic E-state index is 11.9. The second-order valence-corrected chi connectivity index (χ2v) is 5.64. The molecule has 1 aromatic heterocycles. The number of nitrogens with zero attached hydrogens (tertiary/aromatic N) is 1. The highest BCUT2D eigenvalue weighted by Crippen LogP contribution is 2.20. The van der Waals surface area contributed by atoms with Gasteiger partial charge in [-0.2, -0.15) is 0 Å². The van der Waals surface area contributed by atoms with E-state index in [1.165, 1.54) is 25.7 Å². The summed E-state index contributed by atoms with van der Waals surface area (Å²) in [5.74, 6) is 1.05. The predicted octanol–water partition coefficient (Wildman–Crippen LogP) is 2.93. The zero-order valence-electron chi connectivity index (χ0n) is 10.4. The summed E-state index contributed by atoms with van der Waals surface area (Å²) in [6, 6.07) is 0. The number of aryl methyl sites for hydroxylation is 1. The van der Waals surface area contributed by atoms with Crippen LogP contribution in [0.2, 0.25) is 0 Å². The summed E-state index contributed by atoms with van der Waals surface area (Å²) in [6.07, 6.45) is 7.85. The van der Waals surface area contributed by atoms with Gasteiger partial charge in [-0.25, -0.2) is 4.98 Å². The minimum absolute atomic E-state index is 0.0905. The standard InChI is InChI=1S/C13H20N2OS/c1-2-3-6-9-17-13-14-11-8-5-4-7-10(11)12(16)15-13/h2-9H2,1H3,(H,14,15,16). The average molecular weight is 252 g/mol. The average Bonchev–Trinajstić information content (AvgIpc) is 2.35. The molecule has 4 heteroatoms. The minimum atomic E-state index is 0.0905. The highest BCUT2D eigenvalue weighted by molar-refractivity contribution is 7.99. The number of aromatic nitrogens is 2. The lowest BCUT2D eigenvalue weighted by Crippen LogP contribution is -2.21. The molecule has 17 heavy (non-hydrogen) atoms. The van der Waals surface area contributed by atoms with Gasteiger partial charge in [-0.3, -0.25) is 4.79 Å². The highest BCUT2D eigenvalue weighted by atomic mass is 32.2. The molecule has 1 heterocycles. The summed E-state index contributed by atoms with van der Waals surface area (Å²) < 4.78 is 0. The van der Waals surface area contributed by atoms with Crippen LogP contribution in [0.4, 0.5) is 0 Å². The lowest BCUT2D eigenvalue weighted by molar-refractivity contribution is 0.641. The number of H-pyrrole nitrogens is 1. The van der Waals surface area contributed by atoms with Crippen LogP contribution in [0, 0.1) is 0 Å². The summed E-state index contributed by atoms with van der Waals surface area (Å²) >= 11 is 1.68. The topological polar surface area (TPSA) is 45.8 Å². The third-order valence-corrected chi connectivity index (χ3v) is 4.12. The lowest BCUT2D eigenvalue weighted by Gasteiger charge is -2.14. The number of unbranched alkanes of at least 4 members (excludes halogenated alkanes) is 2. The highest BCUT2D eigenvalue weighted by Gasteiger charge is 2.15. The van der Waals surface area contributed by atoms with Crippen LogP contribution in [0.3, 0.4) is 0 Å². The SMILES string of the molecule is CCCCCSc1nc2c(c(=O)[nH]1)CCCC2. The Kier molecular flexibility index (Phi) is 4.66. The fraction of sp³-hybridized carbons (Fsp3) is 0.692. The van der Waals surface area contributed by atoms with Crippen molar-refractivity contribution in [2.45, 2.75) is 57.0 Å². The number of rotatable bonds is 5. The smallest absolute Gasteiger partial charge is 0.254 e. The molecule has 0 unspecified atom stereocenters. The molecule has 1 aliphatic rings. The largest absolute Gasteiger partial charge is 0.301 e. The van der Waals surface area contributed by atoms with E-state index in [2.05, 4.69) is 16.9 Å². The Labute approximate surface area is 106 Å². The van der Waals surface area contributed by atoms with Crippen molar-refractivity contribution in [2.24, 2.45) is 0 Å². The lowest BCUT2D eigenvalue weighted by atomic mass is 9.97.